The molecule has 2 aromatic heterocycles. The Hall–Kier alpha value is -2.84. The number of anilines is 2. The summed E-state index contributed by atoms with van der Waals surface area (Å²) >= 11 is 1.50. The van der Waals surface area contributed by atoms with E-state index < -0.39 is 0 Å². The van der Waals surface area contributed by atoms with Gasteiger partial charge >= 0.3 is 0 Å². The Morgan fingerprint density at radius 1 is 1.17 bits per heavy atom. The summed E-state index contributed by atoms with van der Waals surface area (Å²) in [4.78, 5) is 19.6. The predicted molar refractivity (Wildman–Crippen MR) is 117 cm³/mol. The highest BCUT2D eigenvalue weighted by molar-refractivity contribution is 7.98. The second-order valence-corrected chi connectivity index (χ2v) is 8.01. The first-order chi connectivity index (χ1) is 14.6. The highest BCUT2D eigenvalue weighted by Crippen LogP contribution is 2.28. The normalized spacial score (nSPS) is 14.0. The summed E-state index contributed by atoms with van der Waals surface area (Å²) in [5.74, 6) is 1.26. The van der Waals surface area contributed by atoms with Crippen LogP contribution in [0.25, 0.3) is 0 Å². The van der Waals surface area contributed by atoms with Crippen LogP contribution in [0.4, 0.5) is 11.4 Å². The first-order valence-corrected chi connectivity index (χ1v) is 10.8. The summed E-state index contributed by atoms with van der Waals surface area (Å²) < 4.78 is 10.6. The molecule has 0 saturated carbocycles. The van der Waals surface area contributed by atoms with Crippen molar-refractivity contribution in [1.82, 2.24) is 10.1 Å². The molecule has 1 N–H and O–H groups in total. The maximum absolute atomic E-state index is 12.9. The number of thioether (sulfide) groups is 1. The Morgan fingerprint density at radius 3 is 2.63 bits per heavy atom. The number of nitrogens with one attached hydrogen (secondary N) is 1. The summed E-state index contributed by atoms with van der Waals surface area (Å²) in [6, 6.07) is 11.5. The van der Waals surface area contributed by atoms with Crippen LogP contribution in [0, 0.1) is 13.8 Å². The molecule has 0 atom stereocenters. The summed E-state index contributed by atoms with van der Waals surface area (Å²) in [5, 5.41) is 7.64. The number of benzene rings is 1. The van der Waals surface area contributed by atoms with Crippen molar-refractivity contribution < 1.29 is 14.1 Å². The third-order valence-corrected chi connectivity index (χ3v) is 6.08. The van der Waals surface area contributed by atoms with Crippen molar-refractivity contribution in [2.75, 3.05) is 36.5 Å². The number of amides is 1. The molecule has 0 radical (unpaired) electrons. The number of hydrogen-bond donors (Lipinski definition) is 1. The van der Waals surface area contributed by atoms with E-state index in [4.69, 9.17) is 9.26 Å². The van der Waals surface area contributed by atoms with Gasteiger partial charge in [0.1, 0.15) is 10.8 Å². The number of ether oxygens (including phenoxy) is 1. The van der Waals surface area contributed by atoms with Gasteiger partial charge in [-0.05, 0) is 50.2 Å². The van der Waals surface area contributed by atoms with Crippen LogP contribution in [-0.4, -0.2) is 42.4 Å². The van der Waals surface area contributed by atoms with Gasteiger partial charge in [-0.25, -0.2) is 4.98 Å². The van der Waals surface area contributed by atoms with E-state index in [-0.39, 0.29) is 5.91 Å². The number of morpholine rings is 1. The van der Waals surface area contributed by atoms with Gasteiger partial charge in [-0.1, -0.05) is 5.16 Å². The molecule has 1 aromatic carbocycles. The molecule has 0 aliphatic carbocycles. The number of rotatable bonds is 6. The monoisotopic (exact) mass is 424 g/mol. The number of carbonyl (C=O) groups excluding carboxylic acids is 1. The second-order valence-electron chi connectivity index (χ2n) is 7.05. The zero-order chi connectivity index (χ0) is 20.9. The molecule has 3 aromatic rings. The number of aromatic nitrogens is 2. The van der Waals surface area contributed by atoms with Gasteiger partial charge in [0.25, 0.3) is 5.91 Å². The first-order valence-electron chi connectivity index (χ1n) is 9.85. The number of nitrogens with zero attached hydrogens (tertiary/aromatic N) is 3. The lowest BCUT2D eigenvalue weighted by molar-refractivity contribution is 0.102. The Bertz CT molecular complexity index is 994. The average molecular weight is 425 g/mol. The lowest BCUT2D eigenvalue weighted by atomic mass is 10.2. The molecule has 3 heterocycles. The quantitative estimate of drug-likeness (QED) is 0.598. The number of hydrogen-bond acceptors (Lipinski definition) is 7. The molecule has 1 aliphatic heterocycles. The van der Waals surface area contributed by atoms with Crippen LogP contribution < -0.4 is 10.2 Å². The van der Waals surface area contributed by atoms with E-state index >= 15 is 0 Å². The molecule has 8 heteroatoms. The van der Waals surface area contributed by atoms with Crippen molar-refractivity contribution in [2.24, 2.45) is 0 Å². The molecule has 1 amide bonds. The molecule has 30 heavy (non-hydrogen) atoms. The van der Waals surface area contributed by atoms with Crippen LogP contribution in [0.3, 0.4) is 0 Å². The third-order valence-electron chi connectivity index (χ3n) is 5.05. The van der Waals surface area contributed by atoms with Gasteiger partial charge in [0.05, 0.1) is 24.5 Å². The van der Waals surface area contributed by atoms with Crippen molar-refractivity contribution in [2.45, 2.75) is 24.6 Å². The molecule has 156 valence electrons. The van der Waals surface area contributed by atoms with Crippen LogP contribution >= 0.6 is 11.8 Å². The van der Waals surface area contributed by atoms with E-state index in [1.54, 1.807) is 18.3 Å². The fourth-order valence-corrected chi connectivity index (χ4v) is 4.45. The van der Waals surface area contributed by atoms with Gasteiger partial charge in [-0.3, -0.25) is 4.79 Å². The van der Waals surface area contributed by atoms with Crippen molar-refractivity contribution >= 4 is 29.0 Å². The number of carbonyl (C=O) groups is 1. The number of aryl methyl sites for hydroxylation is 2. The van der Waals surface area contributed by atoms with E-state index in [2.05, 4.69) is 20.4 Å². The molecule has 4 rings (SSSR count). The second kappa shape index (κ2) is 9.32. The molecule has 1 fully saturated rings. The minimum absolute atomic E-state index is 0.177. The van der Waals surface area contributed by atoms with Crippen molar-refractivity contribution in [1.29, 1.82) is 0 Å². The average Bonchev–Trinajstić information content (AvgIpc) is 3.11. The Morgan fingerprint density at radius 2 is 1.93 bits per heavy atom. The maximum Gasteiger partial charge on any atom is 0.258 e. The van der Waals surface area contributed by atoms with Gasteiger partial charge in [0.15, 0.2) is 0 Å². The minimum Gasteiger partial charge on any atom is -0.378 e. The zero-order valence-electron chi connectivity index (χ0n) is 17.1. The standard InChI is InChI=1S/C22H24N4O3S/c1-15-20(16(2)29-25-15)14-30-22-19(4-3-9-23-22)21(27)24-17-5-7-18(8-6-17)26-10-12-28-13-11-26/h3-9H,10-14H2,1-2H3,(H,24,27). The van der Waals surface area contributed by atoms with Crippen LogP contribution in [-0.2, 0) is 10.5 Å². The van der Waals surface area contributed by atoms with Crippen LogP contribution in [0.2, 0.25) is 0 Å². The summed E-state index contributed by atoms with van der Waals surface area (Å²) in [6.45, 7) is 7.06. The van der Waals surface area contributed by atoms with Crippen molar-refractivity contribution in [3.05, 3.63) is 65.2 Å². The van der Waals surface area contributed by atoms with E-state index in [0.29, 0.717) is 16.3 Å². The molecule has 0 spiro atoms. The van der Waals surface area contributed by atoms with Gasteiger partial charge in [-0.2, -0.15) is 0 Å². The van der Waals surface area contributed by atoms with Crippen molar-refractivity contribution in [3.8, 4) is 0 Å². The van der Waals surface area contributed by atoms with E-state index in [1.807, 2.05) is 38.1 Å². The lowest BCUT2D eigenvalue weighted by Crippen LogP contribution is -2.36. The highest BCUT2D eigenvalue weighted by Gasteiger charge is 2.16. The lowest BCUT2D eigenvalue weighted by Gasteiger charge is -2.28. The van der Waals surface area contributed by atoms with Gasteiger partial charge in [0.2, 0.25) is 0 Å². The molecular weight excluding hydrogens is 400 g/mol. The van der Waals surface area contributed by atoms with Crippen molar-refractivity contribution in [3.63, 3.8) is 0 Å². The van der Waals surface area contributed by atoms with Gasteiger partial charge in [-0.15, -0.1) is 11.8 Å². The summed E-state index contributed by atoms with van der Waals surface area (Å²) in [7, 11) is 0. The molecule has 1 saturated heterocycles. The largest absolute Gasteiger partial charge is 0.378 e. The third kappa shape index (κ3) is 4.66. The molecule has 7 nitrogen and oxygen atoms in total. The Labute approximate surface area is 179 Å². The Balaban J connectivity index is 1.43. The molecule has 0 bridgehead atoms. The number of pyridine rings is 1. The Kier molecular flexibility index (Phi) is 6.35. The molecule has 0 unspecified atom stereocenters. The molecular formula is C22H24N4O3S. The predicted octanol–water partition coefficient (Wildman–Crippen LogP) is 4.07. The van der Waals surface area contributed by atoms with Gasteiger partial charge in [0, 0.05) is 42.0 Å². The SMILES string of the molecule is Cc1noc(C)c1CSc1ncccc1C(=O)Nc1ccc(N2CCOCC2)cc1. The minimum atomic E-state index is -0.177. The fraction of sp³-hybridized carbons (Fsp3) is 0.318. The van der Waals surface area contributed by atoms with Gasteiger partial charge < -0.3 is 19.5 Å². The first kappa shape index (κ1) is 20.4. The summed E-state index contributed by atoms with van der Waals surface area (Å²) in [6.07, 6.45) is 1.70. The zero-order valence-corrected chi connectivity index (χ0v) is 17.9. The van der Waals surface area contributed by atoms with E-state index in [0.717, 1.165) is 54.7 Å². The highest BCUT2D eigenvalue weighted by atomic mass is 32.2. The van der Waals surface area contributed by atoms with E-state index in [1.165, 1.54) is 11.8 Å². The summed E-state index contributed by atoms with van der Waals surface area (Å²) in [5.41, 5.74) is 4.33. The smallest absolute Gasteiger partial charge is 0.258 e. The maximum atomic E-state index is 12.9. The van der Waals surface area contributed by atoms with Crippen LogP contribution in [0.15, 0.2) is 52.1 Å². The topological polar surface area (TPSA) is 80.5 Å². The van der Waals surface area contributed by atoms with E-state index in [9.17, 15) is 4.79 Å². The molecule has 1 aliphatic rings. The van der Waals surface area contributed by atoms with Crippen LogP contribution in [0.5, 0.6) is 0 Å². The van der Waals surface area contributed by atoms with Crippen LogP contribution in [0.1, 0.15) is 27.4 Å². The fourth-order valence-electron chi connectivity index (χ4n) is 3.30.